The van der Waals surface area contributed by atoms with E-state index in [1.54, 1.807) is 0 Å². The molecule has 0 amide bonds. The van der Waals surface area contributed by atoms with Gasteiger partial charge in [0, 0.05) is 36.7 Å². The molecule has 0 radical (unpaired) electrons. The van der Waals surface area contributed by atoms with Gasteiger partial charge in [0.05, 0.1) is 6.61 Å². The number of benzene rings is 1. The number of fused-ring (bicyclic) bond motifs is 1. The number of aliphatic hydroxyl groups excluding tert-OH is 1. The Morgan fingerprint density at radius 2 is 2.17 bits per heavy atom. The maximum Gasteiger partial charge on any atom is 0.0594 e. The molecular weight excluding hydrogens is 226 g/mol. The van der Waals surface area contributed by atoms with Gasteiger partial charge >= 0.3 is 0 Å². The summed E-state index contributed by atoms with van der Waals surface area (Å²) in [5, 5.41) is 13.4. The first-order valence-electron chi connectivity index (χ1n) is 6.32. The Labute approximate surface area is 107 Å². The average molecular weight is 247 g/mol. The minimum Gasteiger partial charge on any atom is -0.395 e. The fraction of sp³-hybridized carbons (Fsp3) is 0.429. The molecule has 18 heavy (non-hydrogen) atoms. The van der Waals surface area contributed by atoms with Gasteiger partial charge in [-0.2, -0.15) is 0 Å². The third kappa shape index (κ3) is 2.90. The van der Waals surface area contributed by atoms with Gasteiger partial charge in [-0.1, -0.05) is 18.2 Å². The standard InChI is InChI=1S/C14H21N3O/c1-17-9-11(6-7-16-8-12(15)10-18)13-4-2-3-5-14(13)17/h2-5,9,12,16,18H,6-8,10,15H2,1H3. The number of aryl methyl sites for hydroxylation is 1. The number of rotatable bonds is 6. The predicted octanol–water partition coefficient (Wildman–Crippen LogP) is 0.630. The minimum absolute atomic E-state index is 0.0290. The Balaban J connectivity index is 1.96. The van der Waals surface area contributed by atoms with Crippen molar-refractivity contribution in [2.75, 3.05) is 19.7 Å². The van der Waals surface area contributed by atoms with Gasteiger partial charge in [0.1, 0.15) is 0 Å². The molecule has 4 heteroatoms. The van der Waals surface area contributed by atoms with E-state index in [2.05, 4.69) is 47.4 Å². The molecule has 0 spiro atoms. The topological polar surface area (TPSA) is 63.2 Å². The third-order valence-corrected chi connectivity index (χ3v) is 3.19. The first-order valence-corrected chi connectivity index (χ1v) is 6.32. The minimum atomic E-state index is -0.169. The quantitative estimate of drug-likeness (QED) is 0.656. The molecule has 1 atom stereocenters. The van der Waals surface area contributed by atoms with Gasteiger partial charge in [-0.15, -0.1) is 0 Å². The molecule has 1 heterocycles. The van der Waals surface area contributed by atoms with Crippen molar-refractivity contribution in [3.05, 3.63) is 36.0 Å². The molecule has 2 rings (SSSR count). The maximum absolute atomic E-state index is 8.83. The molecule has 1 aromatic carbocycles. The van der Waals surface area contributed by atoms with Crippen LogP contribution in [0.5, 0.6) is 0 Å². The first-order chi connectivity index (χ1) is 8.72. The van der Waals surface area contributed by atoms with Gasteiger partial charge in [-0.25, -0.2) is 0 Å². The number of nitrogens with zero attached hydrogens (tertiary/aromatic N) is 1. The lowest BCUT2D eigenvalue weighted by Crippen LogP contribution is -2.37. The van der Waals surface area contributed by atoms with Crippen molar-refractivity contribution >= 4 is 10.9 Å². The summed E-state index contributed by atoms with van der Waals surface area (Å²) in [5.41, 5.74) is 8.24. The molecular formula is C14H21N3O. The molecule has 4 nitrogen and oxygen atoms in total. The van der Waals surface area contributed by atoms with Crippen LogP contribution in [0.1, 0.15) is 5.56 Å². The van der Waals surface area contributed by atoms with E-state index >= 15 is 0 Å². The van der Waals surface area contributed by atoms with Crippen LogP contribution in [0.2, 0.25) is 0 Å². The lowest BCUT2D eigenvalue weighted by molar-refractivity contribution is 0.262. The van der Waals surface area contributed by atoms with Gasteiger partial charge in [-0.3, -0.25) is 0 Å². The summed E-state index contributed by atoms with van der Waals surface area (Å²) in [5.74, 6) is 0. The van der Waals surface area contributed by atoms with Crippen molar-refractivity contribution in [1.29, 1.82) is 0 Å². The van der Waals surface area contributed by atoms with Crippen LogP contribution in [0.3, 0.4) is 0 Å². The second-order valence-electron chi connectivity index (χ2n) is 4.68. The van der Waals surface area contributed by atoms with E-state index in [1.165, 1.54) is 16.5 Å². The van der Waals surface area contributed by atoms with E-state index in [4.69, 9.17) is 10.8 Å². The van der Waals surface area contributed by atoms with Gasteiger partial charge in [0.15, 0.2) is 0 Å². The Morgan fingerprint density at radius 3 is 2.94 bits per heavy atom. The highest BCUT2D eigenvalue weighted by molar-refractivity contribution is 5.83. The predicted molar refractivity (Wildman–Crippen MR) is 74.6 cm³/mol. The molecule has 1 aromatic heterocycles. The highest BCUT2D eigenvalue weighted by atomic mass is 16.3. The van der Waals surface area contributed by atoms with Crippen LogP contribution < -0.4 is 11.1 Å². The molecule has 4 N–H and O–H groups in total. The lowest BCUT2D eigenvalue weighted by Gasteiger charge is -2.09. The molecule has 0 saturated carbocycles. The molecule has 2 aromatic rings. The number of nitrogens with two attached hydrogens (primary N) is 1. The molecule has 0 fully saturated rings. The van der Waals surface area contributed by atoms with Crippen molar-refractivity contribution in [3.63, 3.8) is 0 Å². The second kappa shape index (κ2) is 6.00. The van der Waals surface area contributed by atoms with Crippen LogP contribution in [0.15, 0.2) is 30.5 Å². The van der Waals surface area contributed by atoms with Gasteiger partial charge in [0.25, 0.3) is 0 Å². The van der Waals surface area contributed by atoms with Crippen LogP contribution in [0.4, 0.5) is 0 Å². The highest BCUT2D eigenvalue weighted by Crippen LogP contribution is 2.20. The molecule has 0 aliphatic heterocycles. The van der Waals surface area contributed by atoms with E-state index in [0.717, 1.165) is 13.0 Å². The Bertz CT molecular complexity index is 507. The van der Waals surface area contributed by atoms with E-state index in [-0.39, 0.29) is 12.6 Å². The van der Waals surface area contributed by atoms with E-state index in [9.17, 15) is 0 Å². The van der Waals surface area contributed by atoms with Crippen LogP contribution in [0, 0.1) is 0 Å². The Kier molecular flexibility index (Phi) is 4.36. The summed E-state index contributed by atoms with van der Waals surface area (Å²) < 4.78 is 2.16. The monoisotopic (exact) mass is 247 g/mol. The third-order valence-electron chi connectivity index (χ3n) is 3.19. The molecule has 0 aliphatic rings. The van der Waals surface area contributed by atoms with Crippen molar-refractivity contribution in [1.82, 2.24) is 9.88 Å². The smallest absolute Gasteiger partial charge is 0.0594 e. The highest BCUT2D eigenvalue weighted by Gasteiger charge is 2.05. The van der Waals surface area contributed by atoms with Crippen molar-refractivity contribution < 1.29 is 5.11 Å². The maximum atomic E-state index is 8.83. The zero-order valence-electron chi connectivity index (χ0n) is 10.8. The molecule has 0 saturated heterocycles. The second-order valence-corrected chi connectivity index (χ2v) is 4.68. The number of para-hydroxylation sites is 1. The Hall–Kier alpha value is -1.36. The van der Waals surface area contributed by atoms with Crippen molar-refractivity contribution in [2.45, 2.75) is 12.5 Å². The van der Waals surface area contributed by atoms with Crippen LogP contribution in [-0.2, 0) is 13.5 Å². The van der Waals surface area contributed by atoms with Crippen molar-refractivity contribution in [3.8, 4) is 0 Å². The van der Waals surface area contributed by atoms with Crippen molar-refractivity contribution in [2.24, 2.45) is 12.8 Å². The summed E-state index contributed by atoms with van der Waals surface area (Å²) in [4.78, 5) is 0. The van der Waals surface area contributed by atoms with Crippen LogP contribution >= 0.6 is 0 Å². The SMILES string of the molecule is Cn1cc(CCNCC(N)CO)c2ccccc21. The summed E-state index contributed by atoms with van der Waals surface area (Å²) in [6.07, 6.45) is 3.15. The van der Waals surface area contributed by atoms with Gasteiger partial charge < -0.3 is 20.7 Å². The average Bonchev–Trinajstić information content (AvgIpc) is 2.72. The van der Waals surface area contributed by atoms with Gasteiger partial charge in [-0.05, 0) is 24.6 Å². The number of aromatic nitrogens is 1. The molecule has 0 bridgehead atoms. The summed E-state index contributed by atoms with van der Waals surface area (Å²) in [7, 11) is 2.07. The number of hydrogen-bond acceptors (Lipinski definition) is 3. The van der Waals surface area contributed by atoms with Crippen LogP contribution in [-0.4, -0.2) is 35.4 Å². The van der Waals surface area contributed by atoms with Gasteiger partial charge in [0.2, 0.25) is 0 Å². The summed E-state index contributed by atoms with van der Waals surface area (Å²) in [6, 6.07) is 8.25. The number of nitrogens with one attached hydrogen (secondary N) is 1. The Morgan fingerprint density at radius 1 is 1.39 bits per heavy atom. The van der Waals surface area contributed by atoms with E-state index in [0.29, 0.717) is 6.54 Å². The normalized spacial score (nSPS) is 13.1. The van der Waals surface area contributed by atoms with E-state index < -0.39 is 0 Å². The molecule has 1 unspecified atom stereocenters. The largest absolute Gasteiger partial charge is 0.395 e. The van der Waals surface area contributed by atoms with Crippen LogP contribution in [0.25, 0.3) is 10.9 Å². The summed E-state index contributed by atoms with van der Waals surface area (Å²) in [6.45, 7) is 1.56. The number of hydrogen-bond donors (Lipinski definition) is 3. The molecule has 98 valence electrons. The summed E-state index contributed by atoms with van der Waals surface area (Å²) >= 11 is 0. The molecule has 0 aliphatic carbocycles. The van der Waals surface area contributed by atoms with E-state index in [1.807, 2.05) is 0 Å². The fourth-order valence-electron chi connectivity index (χ4n) is 2.20. The fourth-order valence-corrected chi connectivity index (χ4v) is 2.20. The zero-order chi connectivity index (χ0) is 13.0. The first kappa shape index (κ1) is 13.1. The zero-order valence-corrected chi connectivity index (χ0v) is 10.8. The lowest BCUT2D eigenvalue weighted by atomic mass is 10.1. The number of aliphatic hydroxyl groups is 1.